The zero-order chi connectivity index (χ0) is 4.12. The van der Waals surface area contributed by atoms with Crippen LogP contribution in [0.25, 0.3) is 0 Å². The Kier molecular flexibility index (Phi) is 13.8. The van der Waals surface area contributed by atoms with Gasteiger partial charge in [0.25, 0.3) is 0 Å². The summed E-state index contributed by atoms with van der Waals surface area (Å²) in [6.45, 7) is 2.40. The van der Waals surface area contributed by atoms with Crippen molar-refractivity contribution in [3.8, 4) is 0 Å². The number of rotatable bonds is 2. The van der Waals surface area contributed by atoms with E-state index < -0.39 is 0 Å². The first kappa shape index (κ1) is 9.35. The lowest BCUT2D eigenvalue weighted by atomic mass is 10.4. The van der Waals surface area contributed by atoms with Gasteiger partial charge in [-0.1, -0.05) is 13.3 Å². The molecule has 0 heterocycles. The molecule has 0 fully saturated rings. The molecule has 0 aromatic carbocycles. The third kappa shape index (κ3) is 9.03. The summed E-state index contributed by atoms with van der Waals surface area (Å²) in [5, 5.41) is 8.07. The van der Waals surface area contributed by atoms with Crippen LogP contribution in [-0.4, -0.2) is 11.7 Å². The van der Waals surface area contributed by atoms with E-state index in [1.807, 2.05) is 0 Å². The zero-order valence-electron chi connectivity index (χ0n) is 4.07. The molecular weight excluding hydrogens is 76.1 g/mol. The third-order valence-electron chi connectivity index (χ3n) is 0.512. The summed E-state index contributed by atoms with van der Waals surface area (Å²) in [4.78, 5) is 0. The molecule has 36 valence electrons. The van der Waals surface area contributed by atoms with E-state index in [2.05, 4.69) is 6.92 Å². The highest BCUT2D eigenvalue weighted by Crippen LogP contribution is 1.78. The summed E-state index contributed by atoms with van der Waals surface area (Å²) >= 11 is 0. The number of aliphatic hydroxyl groups is 1. The van der Waals surface area contributed by atoms with Crippen LogP contribution < -0.4 is 0 Å². The summed E-state index contributed by atoms with van der Waals surface area (Å²) in [7, 11) is 0. The fraction of sp³-hybridized carbons (Fsp3) is 0.800. The van der Waals surface area contributed by atoms with E-state index in [-0.39, 0.29) is 7.43 Å². The molecule has 0 bridgehead atoms. The van der Waals surface area contributed by atoms with E-state index in [0.29, 0.717) is 6.61 Å². The minimum atomic E-state index is 0. The predicted octanol–water partition coefficient (Wildman–Crippen LogP) is 0.860. The lowest BCUT2D eigenvalue weighted by Gasteiger charge is -1.79. The average Bonchev–Trinajstić information content (AvgIpc) is 1.41. The molecule has 0 aliphatic heterocycles. The van der Waals surface area contributed by atoms with Gasteiger partial charge in [0, 0.05) is 14.0 Å². The Labute approximate surface area is 40.0 Å². The van der Waals surface area contributed by atoms with Crippen LogP contribution in [0.3, 0.4) is 0 Å². The summed E-state index contributed by atoms with van der Waals surface area (Å²) in [5.41, 5.74) is 0. The monoisotopic (exact) mass is 86.1 g/mol. The van der Waals surface area contributed by atoms with Crippen LogP contribution in [0, 0.1) is 7.43 Å². The Balaban J connectivity index is 0. The van der Waals surface area contributed by atoms with Gasteiger partial charge in [0.2, 0.25) is 0 Å². The first-order valence-electron chi connectivity index (χ1n) is 2.02. The highest BCUT2D eigenvalue weighted by Gasteiger charge is 1.69. The maximum Gasteiger partial charge on any atom is 0.0430 e. The number of aliphatic hydroxyl groups excluding tert-OH is 1. The molecule has 0 amide bonds. The summed E-state index contributed by atoms with van der Waals surface area (Å²) in [5.74, 6) is 0. The second kappa shape index (κ2) is 8.88. The Hall–Kier alpha value is -0.0400. The van der Waals surface area contributed by atoms with Crippen molar-refractivity contribution in [1.82, 2.24) is 0 Å². The van der Waals surface area contributed by atoms with E-state index in [0.717, 1.165) is 12.8 Å². The molecule has 0 unspecified atom stereocenters. The average molecular weight is 86.1 g/mol. The molecule has 1 N–H and O–H groups in total. The van der Waals surface area contributed by atoms with Crippen molar-refractivity contribution in [3.05, 3.63) is 7.43 Å². The van der Waals surface area contributed by atoms with Gasteiger partial charge in [0.15, 0.2) is 0 Å². The molecule has 1 heteroatoms. The van der Waals surface area contributed by atoms with E-state index >= 15 is 0 Å². The quantitative estimate of drug-likeness (QED) is 0.528. The van der Waals surface area contributed by atoms with Crippen LogP contribution in [0.5, 0.6) is 0 Å². The molecule has 0 spiro atoms. The van der Waals surface area contributed by atoms with Gasteiger partial charge in [-0.25, -0.2) is 0 Å². The van der Waals surface area contributed by atoms with Crippen LogP contribution in [0.1, 0.15) is 19.8 Å². The molecule has 0 atom stereocenters. The third-order valence-corrected chi connectivity index (χ3v) is 0.512. The first-order valence-corrected chi connectivity index (χ1v) is 2.02. The maximum absolute atomic E-state index is 8.07. The van der Waals surface area contributed by atoms with Gasteiger partial charge in [0.1, 0.15) is 0 Å². The van der Waals surface area contributed by atoms with Crippen molar-refractivity contribution in [2.75, 3.05) is 6.61 Å². The van der Waals surface area contributed by atoms with Crippen molar-refractivity contribution in [1.29, 1.82) is 0 Å². The Morgan fingerprint density at radius 1 is 1.50 bits per heavy atom. The molecule has 4 radical (unpaired) electrons. The molecule has 1 nitrogen and oxygen atoms in total. The van der Waals surface area contributed by atoms with E-state index in [1.165, 1.54) is 0 Å². The molecule has 6 heavy (non-hydrogen) atoms. The van der Waals surface area contributed by atoms with Gasteiger partial charge in [-0.2, -0.15) is 0 Å². The summed E-state index contributed by atoms with van der Waals surface area (Å²) in [6, 6.07) is 0. The van der Waals surface area contributed by atoms with Crippen LogP contribution in [-0.2, 0) is 0 Å². The number of hydrogen-bond acceptors (Lipinski definition) is 1. The number of hydrogen-bond donors (Lipinski definition) is 1. The van der Waals surface area contributed by atoms with Gasteiger partial charge in [-0.15, -0.1) is 0 Å². The highest BCUT2D eigenvalue weighted by molar-refractivity contribution is 4.23. The predicted molar refractivity (Wildman–Crippen MR) is 25.2 cm³/mol. The van der Waals surface area contributed by atoms with Crippen molar-refractivity contribution in [2.24, 2.45) is 0 Å². The van der Waals surface area contributed by atoms with Gasteiger partial charge in [0.05, 0.1) is 0 Å². The molecule has 0 aliphatic rings. The van der Waals surface area contributed by atoms with Crippen LogP contribution >= 0.6 is 0 Å². The van der Waals surface area contributed by atoms with Gasteiger partial charge < -0.3 is 5.11 Å². The second-order valence-electron chi connectivity index (χ2n) is 1.08. The topological polar surface area (TPSA) is 20.2 Å². The van der Waals surface area contributed by atoms with Gasteiger partial charge >= 0.3 is 0 Å². The smallest absolute Gasteiger partial charge is 0.0430 e. The van der Waals surface area contributed by atoms with Crippen LogP contribution in [0.2, 0.25) is 0 Å². The van der Waals surface area contributed by atoms with E-state index in [9.17, 15) is 0 Å². The molecule has 0 aromatic heterocycles. The molecule has 0 aliphatic carbocycles. The Bertz CT molecular complexity index is 11.4. The van der Waals surface area contributed by atoms with E-state index in [4.69, 9.17) is 5.11 Å². The summed E-state index contributed by atoms with van der Waals surface area (Å²) < 4.78 is 0. The van der Waals surface area contributed by atoms with Crippen molar-refractivity contribution < 1.29 is 5.11 Å². The lowest BCUT2D eigenvalue weighted by molar-refractivity contribution is 0.287. The molecule has 0 rings (SSSR count). The molecule has 0 aromatic rings. The Morgan fingerprint density at radius 3 is 2.00 bits per heavy atom. The zero-order valence-corrected chi connectivity index (χ0v) is 4.07. The molecule has 0 saturated carbocycles. The SMILES string of the molecule is CCCCO.[C]. The lowest BCUT2D eigenvalue weighted by Crippen LogP contribution is -1.75. The van der Waals surface area contributed by atoms with Crippen LogP contribution in [0.15, 0.2) is 0 Å². The normalized spacial score (nSPS) is 7.00. The molecule has 0 saturated heterocycles. The van der Waals surface area contributed by atoms with Crippen molar-refractivity contribution in [3.63, 3.8) is 0 Å². The first-order chi connectivity index (χ1) is 2.41. The fourth-order valence-corrected chi connectivity index (χ4v) is 0.158. The van der Waals surface area contributed by atoms with Crippen molar-refractivity contribution in [2.45, 2.75) is 19.8 Å². The Morgan fingerprint density at radius 2 is 2.00 bits per heavy atom. The van der Waals surface area contributed by atoms with E-state index in [1.54, 1.807) is 0 Å². The second-order valence-corrected chi connectivity index (χ2v) is 1.08. The van der Waals surface area contributed by atoms with Crippen molar-refractivity contribution >= 4 is 0 Å². The van der Waals surface area contributed by atoms with Crippen LogP contribution in [0.4, 0.5) is 0 Å². The highest BCUT2D eigenvalue weighted by atomic mass is 16.2. The standard InChI is InChI=1S/C4H10O.C/c1-2-3-4-5;/h5H,2-4H2,1H3;. The number of unbranched alkanes of at least 4 members (excludes halogenated alkanes) is 1. The minimum Gasteiger partial charge on any atom is -0.396 e. The maximum atomic E-state index is 8.07. The van der Waals surface area contributed by atoms with Gasteiger partial charge in [-0.05, 0) is 6.42 Å². The largest absolute Gasteiger partial charge is 0.396 e. The molecular formula is C5H10O. The van der Waals surface area contributed by atoms with Gasteiger partial charge in [-0.3, -0.25) is 0 Å². The summed E-state index contributed by atoms with van der Waals surface area (Å²) in [6.07, 6.45) is 2.04. The fourth-order valence-electron chi connectivity index (χ4n) is 0.158. The minimum absolute atomic E-state index is 0.